The van der Waals surface area contributed by atoms with Crippen molar-refractivity contribution < 1.29 is 9.90 Å². The minimum absolute atomic E-state index is 0.0929. The van der Waals surface area contributed by atoms with Crippen LogP contribution in [0.4, 0.5) is 5.69 Å². The Morgan fingerprint density at radius 3 is 2.80 bits per heavy atom. The number of carbonyl (C=O) groups excluding carboxylic acids is 1. The summed E-state index contributed by atoms with van der Waals surface area (Å²) in [6.07, 6.45) is 0.399. The lowest BCUT2D eigenvalue weighted by atomic mass is 9.93. The maximum atomic E-state index is 11.2. The third-order valence-electron chi connectivity index (χ3n) is 2.15. The molecule has 0 aromatic heterocycles. The summed E-state index contributed by atoms with van der Waals surface area (Å²) in [5.74, 6) is -0.0929. The van der Waals surface area contributed by atoms with Crippen molar-refractivity contribution >= 4 is 36.5 Å². The number of nitrogens with one attached hydrogen (secondary N) is 1. The maximum Gasteiger partial charge on any atom is 0.224 e. The van der Waals surface area contributed by atoms with Crippen molar-refractivity contribution in [1.29, 1.82) is 0 Å². The first-order chi connectivity index (χ1) is 7.08. The number of hydrogen-bond donors (Lipinski definition) is 2. The zero-order valence-electron chi connectivity index (χ0n) is 8.80. The van der Waals surface area contributed by atoms with Crippen molar-refractivity contribution in [2.45, 2.75) is 20.0 Å². The van der Waals surface area contributed by atoms with Gasteiger partial charge in [-0.15, -0.1) is 0 Å². The summed E-state index contributed by atoms with van der Waals surface area (Å²) >= 11 is 5.94. The third-order valence-corrected chi connectivity index (χ3v) is 2.56. The first-order valence-corrected chi connectivity index (χ1v) is 5.16. The molecular weight excluding hydrogens is 212 g/mol. The number of amides is 1. The van der Waals surface area contributed by atoms with E-state index < -0.39 is 0 Å². The molecule has 80 valence electrons. The molecule has 0 saturated carbocycles. The predicted molar refractivity (Wildman–Crippen MR) is 64.5 cm³/mol. The fourth-order valence-electron chi connectivity index (χ4n) is 1.23. The monoisotopic (exact) mass is 225 g/mol. The van der Waals surface area contributed by atoms with Crippen LogP contribution in [0.3, 0.4) is 0 Å². The van der Waals surface area contributed by atoms with Crippen LogP contribution in [-0.2, 0) is 11.4 Å². The van der Waals surface area contributed by atoms with Gasteiger partial charge in [0.25, 0.3) is 0 Å². The summed E-state index contributed by atoms with van der Waals surface area (Å²) < 4.78 is 0. The Morgan fingerprint density at radius 2 is 2.27 bits per heavy atom. The van der Waals surface area contributed by atoms with Crippen LogP contribution in [0.2, 0.25) is 5.02 Å². The zero-order valence-corrected chi connectivity index (χ0v) is 9.56. The van der Waals surface area contributed by atoms with Crippen LogP contribution in [0, 0.1) is 0 Å². The maximum absolute atomic E-state index is 11.2. The molecule has 2 N–H and O–H groups in total. The van der Waals surface area contributed by atoms with E-state index >= 15 is 0 Å². The van der Waals surface area contributed by atoms with E-state index in [0.717, 1.165) is 5.46 Å². The molecule has 5 heteroatoms. The number of carbonyl (C=O) groups is 1. The fourth-order valence-corrected chi connectivity index (χ4v) is 1.39. The second-order valence-electron chi connectivity index (χ2n) is 3.32. The van der Waals surface area contributed by atoms with Crippen LogP contribution in [0.1, 0.15) is 18.9 Å². The molecule has 0 aliphatic carbocycles. The Balaban J connectivity index is 3.05. The molecule has 0 aliphatic heterocycles. The van der Waals surface area contributed by atoms with Crippen LogP contribution in [0.5, 0.6) is 0 Å². The van der Waals surface area contributed by atoms with Gasteiger partial charge >= 0.3 is 0 Å². The number of aliphatic hydroxyl groups excluding tert-OH is 1. The van der Waals surface area contributed by atoms with Crippen LogP contribution in [0.25, 0.3) is 0 Å². The molecule has 0 unspecified atom stereocenters. The number of aliphatic hydroxyl groups is 1. The molecular formula is C10H13BClNO2. The Bertz CT molecular complexity index is 382. The zero-order chi connectivity index (χ0) is 11.4. The van der Waals surface area contributed by atoms with Crippen molar-refractivity contribution in [3.63, 3.8) is 0 Å². The molecule has 0 spiro atoms. The number of hydrogen-bond acceptors (Lipinski definition) is 2. The lowest BCUT2D eigenvalue weighted by Crippen LogP contribution is -2.14. The highest BCUT2D eigenvalue weighted by atomic mass is 35.5. The third kappa shape index (κ3) is 2.98. The van der Waals surface area contributed by atoms with Gasteiger partial charge in [0.2, 0.25) is 5.91 Å². The Kier molecular flexibility index (Phi) is 4.18. The van der Waals surface area contributed by atoms with Crippen molar-refractivity contribution in [1.82, 2.24) is 0 Å². The molecule has 0 radical (unpaired) electrons. The molecule has 1 rings (SSSR count). The van der Waals surface area contributed by atoms with Crippen LogP contribution >= 0.6 is 11.6 Å². The van der Waals surface area contributed by atoms with Crippen LogP contribution < -0.4 is 10.8 Å². The number of halogens is 1. The quantitative estimate of drug-likeness (QED) is 0.734. The van der Waals surface area contributed by atoms with E-state index in [1.165, 1.54) is 0 Å². The predicted octanol–water partition coefficient (Wildman–Crippen LogP) is 0.439. The van der Waals surface area contributed by atoms with E-state index in [1.807, 2.05) is 7.85 Å². The van der Waals surface area contributed by atoms with Crippen molar-refractivity contribution in [2.75, 3.05) is 5.32 Å². The van der Waals surface area contributed by atoms with Gasteiger partial charge in [0.1, 0.15) is 7.85 Å². The molecule has 1 aromatic rings. The minimum Gasteiger partial charge on any atom is -0.392 e. The molecule has 0 bridgehead atoms. The van der Waals surface area contributed by atoms with Gasteiger partial charge in [0, 0.05) is 22.7 Å². The van der Waals surface area contributed by atoms with Gasteiger partial charge in [-0.25, -0.2) is 0 Å². The molecule has 1 aromatic carbocycles. The van der Waals surface area contributed by atoms with Gasteiger partial charge in [0.15, 0.2) is 0 Å². The van der Waals surface area contributed by atoms with E-state index in [0.29, 0.717) is 22.7 Å². The van der Waals surface area contributed by atoms with Crippen molar-refractivity contribution in [3.8, 4) is 0 Å². The highest BCUT2D eigenvalue weighted by Crippen LogP contribution is 2.19. The Labute approximate surface area is 94.9 Å². The molecule has 0 heterocycles. The second kappa shape index (κ2) is 5.19. The topological polar surface area (TPSA) is 49.3 Å². The number of anilines is 1. The largest absolute Gasteiger partial charge is 0.392 e. The van der Waals surface area contributed by atoms with Gasteiger partial charge in [-0.2, -0.15) is 0 Å². The SMILES string of the molecule is Bc1cc(CO)c(NC(=O)CC)cc1Cl. The molecule has 0 atom stereocenters. The molecule has 15 heavy (non-hydrogen) atoms. The highest BCUT2D eigenvalue weighted by Gasteiger charge is 2.07. The first kappa shape index (κ1) is 12.1. The van der Waals surface area contributed by atoms with Gasteiger partial charge in [-0.1, -0.05) is 30.1 Å². The molecule has 3 nitrogen and oxygen atoms in total. The van der Waals surface area contributed by atoms with Gasteiger partial charge in [-0.3, -0.25) is 4.79 Å². The van der Waals surface area contributed by atoms with E-state index in [1.54, 1.807) is 19.1 Å². The molecule has 0 fully saturated rings. The van der Waals surface area contributed by atoms with E-state index in [9.17, 15) is 4.79 Å². The smallest absolute Gasteiger partial charge is 0.224 e. The van der Waals surface area contributed by atoms with E-state index in [4.69, 9.17) is 16.7 Å². The van der Waals surface area contributed by atoms with Crippen LogP contribution in [-0.4, -0.2) is 18.9 Å². The van der Waals surface area contributed by atoms with Gasteiger partial charge < -0.3 is 10.4 Å². The normalized spacial score (nSPS) is 10.1. The Hall–Kier alpha value is -0.995. The average Bonchev–Trinajstić information content (AvgIpc) is 2.22. The number of rotatable bonds is 3. The summed E-state index contributed by atoms with van der Waals surface area (Å²) in [7, 11) is 1.85. The first-order valence-electron chi connectivity index (χ1n) is 4.78. The van der Waals surface area contributed by atoms with Gasteiger partial charge in [-0.05, 0) is 6.07 Å². The summed E-state index contributed by atoms with van der Waals surface area (Å²) in [5, 5.41) is 12.4. The van der Waals surface area contributed by atoms with E-state index in [-0.39, 0.29) is 12.5 Å². The van der Waals surface area contributed by atoms with Gasteiger partial charge in [0.05, 0.1) is 6.61 Å². The summed E-state index contributed by atoms with van der Waals surface area (Å²) in [4.78, 5) is 11.2. The van der Waals surface area contributed by atoms with E-state index in [2.05, 4.69) is 5.32 Å². The van der Waals surface area contributed by atoms with Crippen molar-refractivity contribution in [2.24, 2.45) is 0 Å². The average molecular weight is 225 g/mol. The number of benzene rings is 1. The summed E-state index contributed by atoms with van der Waals surface area (Å²) in [5.41, 5.74) is 2.15. The standard InChI is InChI=1S/C10H13BClNO2/c1-2-10(15)13-9-4-8(12)7(11)3-6(9)5-14/h3-4,14H,2,5,11H2,1H3,(H,13,15). The summed E-state index contributed by atoms with van der Waals surface area (Å²) in [6, 6.07) is 3.43. The molecule has 0 aliphatic rings. The lowest BCUT2D eigenvalue weighted by molar-refractivity contribution is -0.115. The lowest BCUT2D eigenvalue weighted by Gasteiger charge is -2.11. The Morgan fingerprint density at radius 1 is 1.60 bits per heavy atom. The summed E-state index contributed by atoms with van der Waals surface area (Å²) in [6.45, 7) is 1.65. The highest BCUT2D eigenvalue weighted by molar-refractivity contribution is 6.45. The molecule has 0 saturated heterocycles. The fraction of sp³-hybridized carbons (Fsp3) is 0.300. The van der Waals surface area contributed by atoms with Crippen LogP contribution in [0.15, 0.2) is 12.1 Å². The minimum atomic E-state index is -0.114. The van der Waals surface area contributed by atoms with Crippen molar-refractivity contribution in [3.05, 3.63) is 22.7 Å². The molecule has 1 amide bonds. The second-order valence-corrected chi connectivity index (χ2v) is 3.73.